The van der Waals surface area contributed by atoms with E-state index in [0.717, 1.165) is 32.1 Å². The third kappa shape index (κ3) is 7.82. The lowest BCUT2D eigenvalue weighted by Crippen LogP contribution is -2.49. The predicted octanol–water partition coefficient (Wildman–Crippen LogP) is 2.06. The van der Waals surface area contributed by atoms with Gasteiger partial charge < -0.3 is 15.5 Å². The van der Waals surface area contributed by atoms with E-state index < -0.39 is 0 Å². The molecule has 0 aromatic carbocycles. The van der Waals surface area contributed by atoms with Crippen LogP contribution in [0.4, 0.5) is 0 Å². The number of aliphatic imine (C=N–C) groups is 1. The first kappa shape index (κ1) is 20.7. The molecule has 23 heavy (non-hydrogen) atoms. The number of likely N-dealkylation sites (N-methyl/N-ethyl adjacent to an activating group) is 1. The van der Waals surface area contributed by atoms with E-state index in [0.29, 0.717) is 0 Å². The zero-order valence-electron chi connectivity index (χ0n) is 14.3. The molecule has 0 bridgehead atoms. The van der Waals surface area contributed by atoms with Gasteiger partial charge in [-0.1, -0.05) is 13.0 Å². The summed E-state index contributed by atoms with van der Waals surface area (Å²) in [5.41, 5.74) is 0. The van der Waals surface area contributed by atoms with Crippen LogP contribution in [0.15, 0.2) is 22.5 Å². The molecule has 0 spiro atoms. The van der Waals surface area contributed by atoms with Crippen LogP contribution in [0, 0.1) is 0 Å². The average molecular weight is 451 g/mol. The number of hydrogen-bond acceptors (Lipinski definition) is 4. The molecule has 1 fully saturated rings. The molecule has 0 aliphatic carbocycles. The van der Waals surface area contributed by atoms with E-state index in [1.165, 1.54) is 37.6 Å². The van der Waals surface area contributed by atoms with E-state index in [1.54, 1.807) is 11.3 Å². The largest absolute Gasteiger partial charge is 0.357 e. The Hall–Kier alpha value is -0.380. The fourth-order valence-corrected chi connectivity index (χ4v) is 3.19. The molecule has 1 aromatic rings. The molecule has 7 heteroatoms. The second-order valence-electron chi connectivity index (χ2n) is 5.48. The van der Waals surface area contributed by atoms with Crippen LogP contribution in [-0.4, -0.2) is 68.1 Å². The Balaban J connectivity index is 0.00000264. The maximum Gasteiger partial charge on any atom is 0.191 e. The fraction of sp³-hybridized carbons (Fsp3) is 0.688. The van der Waals surface area contributed by atoms with Crippen molar-refractivity contribution in [2.24, 2.45) is 4.99 Å². The quantitative estimate of drug-likeness (QED) is 0.379. The highest BCUT2D eigenvalue weighted by Crippen LogP contribution is 2.09. The van der Waals surface area contributed by atoms with Crippen molar-refractivity contribution in [1.29, 1.82) is 0 Å². The Labute approximate surface area is 161 Å². The molecule has 1 aromatic heterocycles. The van der Waals surface area contributed by atoms with Gasteiger partial charge in [0.15, 0.2) is 5.96 Å². The van der Waals surface area contributed by atoms with Gasteiger partial charge in [-0.2, -0.15) is 0 Å². The molecule has 132 valence electrons. The predicted molar refractivity (Wildman–Crippen MR) is 111 cm³/mol. The van der Waals surface area contributed by atoms with E-state index >= 15 is 0 Å². The number of halogens is 1. The Morgan fingerprint density at radius 3 is 2.52 bits per heavy atom. The number of nitrogens with zero attached hydrogens (tertiary/aromatic N) is 3. The summed E-state index contributed by atoms with van der Waals surface area (Å²) in [6.45, 7) is 13.9. The second kappa shape index (κ2) is 12.0. The van der Waals surface area contributed by atoms with Crippen molar-refractivity contribution in [1.82, 2.24) is 20.4 Å². The van der Waals surface area contributed by atoms with Crippen LogP contribution >= 0.6 is 35.3 Å². The number of hydrogen-bond donors (Lipinski definition) is 2. The average Bonchev–Trinajstić information content (AvgIpc) is 3.06. The molecule has 0 radical (unpaired) electrons. The summed E-state index contributed by atoms with van der Waals surface area (Å²) in [4.78, 5) is 11.0. The fourth-order valence-electron chi connectivity index (χ4n) is 2.56. The molecule has 0 atom stereocenters. The van der Waals surface area contributed by atoms with Gasteiger partial charge in [0.2, 0.25) is 0 Å². The molecular weight excluding hydrogens is 421 g/mol. The van der Waals surface area contributed by atoms with Gasteiger partial charge in [0.05, 0.1) is 6.54 Å². The van der Waals surface area contributed by atoms with E-state index in [2.05, 4.69) is 56.8 Å². The minimum Gasteiger partial charge on any atom is -0.357 e. The van der Waals surface area contributed by atoms with Gasteiger partial charge in [0.25, 0.3) is 0 Å². The molecule has 2 N–H and O–H groups in total. The molecule has 1 saturated heterocycles. The Morgan fingerprint density at radius 1 is 1.17 bits per heavy atom. The monoisotopic (exact) mass is 451 g/mol. The first-order chi connectivity index (χ1) is 10.8. The van der Waals surface area contributed by atoms with Crippen molar-refractivity contribution < 1.29 is 0 Å². The van der Waals surface area contributed by atoms with Gasteiger partial charge in [-0.05, 0) is 24.9 Å². The third-order valence-electron chi connectivity index (χ3n) is 3.95. The first-order valence-corrected chi connectivity index (χ1v) is 9.19. The first-order valence-electron chi connectivity index (χ1n) is 8.31. The lowest BCUT2D eigenvalue weighted by Gasteiger charge is -2.34. The van der Waals surface area contributed by atoms with Gasteiger partial charge in [0.1, 0.15) is 0 Å². The summed E-state index contributed by atoms with van der Waals surface area (Å²) in [7, 11) is 0. The SMILES string of the molecule is CCNC(=NCc1cccs1)NCCN1CCN(CC)CC1.I. The lowest BCUT2D eigenvalue weighted by molar-refractivity contribution is 0.139. The Bertz CT molecular complexity index is 430. The molecule has 2 rings (SSSR count). The minimum atomic E-state index is 0. The van der Waals surface area contributed by atoms with Crippen LogP contribution in [0.5, 0.6) is 0 Å². The van der Waals surface area contributed by atoms with Crippen molar-refractivity contribution >= 4 is 41.3 Å². The van der Waals surface area contributed by atoms with E-state index in [1.807, 2.05) is 0 Å². The standard InChI is InChI=1S/C16H29N5S.HI/c1-3-17-16(19-14-15-6-5-13-22-15)18-7-8-21-11-9-20(4-2)10-12-21;/h5-6,13H,3-4,7-12,14H2,1-2H3,(H2,17,18,19);1H. The van der Waals surface area contributed by atoms with Crippen LogP contribution in [0.25, 0.3) is 0 Å². The minimum absolute atomic E-state index is 0. The van der Waals surface area contributed by atoms with Crippen LogP contribution in [-0.2, 0) is 6.54 Å². The highest BCUT2D eigenvalue weighted by Gasteiger charge is 2.14. The molecule has 2 heterocycles. The zero-order valence-corrected chi connectivity index (χ0v) is 17.4. The van der Waals surface area contributed by atoms with Gasteiger partial charge in [-0.15, -0.1) is 35.3 Å². The van der Waals surface area contributed by atoms with Crippen molar-refractivity contribution in [3.05, 3.63) is 22.4 Å². The van der Waals surface area contributed by atoms with Crippen LogP contribution in [0.1, 0.15) is 18.7 Å². The number of nitrogens with one attached hydrogen (secondary N) is 2. The summed E-state index contributed by atoms with van der Waals surface area (Å²) in [6.07, 6.45) is 0. The summed E-state index contributed by atoms with van der Waals surface area (Å²) in [6, 6.07) is 4.21. The van der Waals surface area contributed by atoms with Crippen LogP contribution in [0.2, 0.25) is 0 Å². The van der Waals surface area contributed by atoms with E-state index in [9.17, 15) is 0 Å². The summed E-state index contributed by atoms with van der Waals surface area (Å²) in [5.74, 6) is 0.920. The highest BCUT2D eigenvalue weighted by molar-refractivity contribution is 14.0. The van der Waals surface area contributed by atoms with Crippen molar-refractivity contribution in [3.8, 4) is 0 Å². The number of guanidine groups is 1. The van der Waals surface area contributed by atoms with Crippen molar-refractivity contribution in [3.63, 3.8) is 0 Å². The molecule has 0 amide bonds. The Morgan fingerprint density at radius 2 is 1.91 bits per heavy atom. The van der Waals surface area contributed by atoms with E-state index in [4.69, 9.17) is 0 Å². The van der Waals surface area contributed by atoms with Crippen LogP contribution < -0.4 is 10.6 Å². The Kier molecular flexibility index (Phi) is 10.8. The number of piperazine rings is 1. The summed E-state index contributed by atoms with van der Waals surface area (Å²) in [5, 5.41) is 8.86. The summed E-state index contributed by atoms with van der Waals surface area (Å²) >= 11 is 1.76. The molecule has 0 unspecified atom stereocenters. The number of thiophene rings is 1. The molecule has 1 aliphatic heterocycles. The van der Waals surface area contributed by atoms with Gasteiger partial charge in [-0.3, -0.25) is 4.90 Å². The maximum absolute atomic E-state index is 4.64. The molecular formula is C16H30IN5S. The molecule has 0 saturated carbocycles. The van der Waals surface area contributed by atoms with Gasteiger partial charge >= 0.3 is 0 Å². The third-order valence-corrected chi connectivity index (χ3v) is 4.81. The lowest BCUT2D eigenvalue weighted by atomic mass is 10.3. The smallest absolute Gasteiger partial charge is 0.191 e. The maximum atomic E-state index is 4.64. The molecule has 1 aliphatic rings. The van der Waals surface area contributed by atoms with Crippen molar-refractivity contribution in [2.75, 3.05) is 52.4 Å². The van der Waals surface area contributed by atoms with Gasteiger partial charge in [0, 0.05) is 50.7 Å². The highest BCUT2D eigenvalue weighted by atomic mass is 127. The zero-order chi connectivity index (χ0) is 15.6. The second-order valence-corrected chi connectivity index (χ2v) is 6.51. The normalized spacial score (nSPS) is 16.9. The summed E-state index contributed by atoms with van der Waals surface area (Å²) < 4.78 is 0. The van der Waals surface area contributed by atoms with Gasteiger partial charge in [-0.25, -0.2) is 4.99 Å². The number of rotatable bonds is 7. The van der Waals surface area contributed by atoms with Crippen LogP contribution in [0.3, 0.4) is 0 Å². The van der Waals surface area contributed by atoms with Crippen molar-refractivity contribution in [2.45, 2.75) is 20.4 Å². The molecule has 5 nitrogen and oxygen atoms in total. The topological polar surface area (TPSA) is 42.9 Å². The van der Waals surface area contributed by atoms with E-state index in [-0.39, 0.29) is 24.0 Å².